The molecule has 33 heavy (non-hydrogen) atoms. The summed E-state index contributed by atoms with van der Waals surface area (Å²) in [6.45, 7) is 2.17. The number of halogens is 1. The number of carbonyl (C=O) groups is 1. The van der Waals surface area contributed by atoms with E-state index < -0.39 is 0 Å². The lowest BCUT2D eigenvalue weighted by Gasteiger charge is -2.13. The van der Waals surface area contributed by atoms with Gasteiger partial charge in [0.2, 0.25) is 0 Å². The normalized spacial score (nSPS) is 10.5. The molecule has 0 aliphatic heterocycles. The molecule has 0 heterocycles. The molecule has 0 aliphatic rings. The van der Waals surface area contributed by atoms with Crippen molar-refractivity contribution in [2.75, 3.05) is 12.4 Å². The van der Waals surface area contributed by atoms with E-state index in [2.05, 4.69) is 17.4 Å². The Morgan fingerprint density at radius 2 is 1.61 bits per heavy atom. The van der Waals surface area contributed by atoms with E-state index in [0.717, 1.165) is 33.7 Å². The van der Waals surface area contributed by atoms with Crippen molar-refractivity contribution in [3.8, 4) is 22.6 Å². The molecule has 0 spiro atoms. The summed E-state index contributed by atoms with van der Waals surface area (Å²) >= 11 is 6.01. The average molecular weight is 458 g/mol. The molecular formula is C28H24ClNO3. The molecule has 4 nitrogen and oxygen atoms in total. The monoisotopic (exact) mass is 457 g/mol. The number of rotatable bonds is 7. The van der Waals surface area contributed by atoms with Crippen LogP contribution in [0.25, 0.3) is 11.1 Å². The number of amides is 1. The number of ether oxygens (including phenoxy) is 2. The molecule has 0 fully saturated rings. The number of anilines is 1. The summed E-state index contributed by atoms with van der Waals surface area (Å²) in [6.07, 6.45) is 0. The van der Waals surface area contributed by atoms with E-state index in [9.17, 15) is 4.79 Å². The first-order valence-corrected chi connectivity index (χ1v) is 10.9. The summed E-state index contributed by atoms with van der Waals surface area (Å²) in [7, 11) is 1.60. The first-order chi connectivity index (χ1) is 16.0. The van der Waals surface area contributed by atoms with E-state index in [1.807, 2.05) is 55.5 Å². The maximum atomic E-state index is 12.8. The maximum Gasteiger partial charge on any atom is 0.255 e. The molecule has 0 aliphatic carbocycles. The summed E-state index contributed by atoms with van der Waals surface area (Å²) in [5, 5.41) is 3.57. The second-order valence-electron chi connectivity index (χ2n) is 7.62. The van der Waals surface area contributed by atoms with Gasteiger partial charge in [0.15, 0.2) is 0 Å². The van der Waals surface area contributed by atoms with Crippen LogP contribution in [0, 0.1) is 6.92 Å². The standard InChI is InChI=1S/C28H24ClNO3/c1-19-16-24(29)11-14-26(19)30-28(31)22-10-15-27(32-2)23(17-22)18-33-25-12-8-21(9-13-25)20-6-4-3-5-7-20/h3-17H,18H2,1-2H3,(H,30,31). The lowest BCUT2D eigenvalue weighted by molar-refractivity contribution is 0.102. The van der Waals surface area contributed by atoms with Gasteiger partial charge in [0.25, 0.3) is 5.91 Å². The Balaban J connectivity index is 1.47. The van der Waals surface area contributed by atoms with Crippen LogP contribution in [0.2, 0.25) is 5.02 Å². The predicted molar refractivity (Wildman–Crippen MR) is 133 cm³/mol. The van der Waals surface area contributed by atoms with Crippen molar-refractivity contribution >= 4 is 23.2 Å². The number of aryl methyl sites for hydroxylation is 1. The number of hydrogen-bond acceptors (Lipinski definition) is 3. The van der Waals surface area contributed by atoms with Gasteiger partial charge < -0.3 is 14.8 Å². The molecule has 4 rings (SSSR count). The lowest BCUT2D eigenvalue weighted by Crippen LogP contribution is -2.13. The van der Waals surface area contributed by atoms with Crippen LogP contribution in [0.5, 0.6) is 11.5 Å². The predicted octanol–water partition coefficient (Wildman–Crippen LogP) is 7.16. The average Bonchev–Trinajstić information content (AvgIpc) is 2.85. The highest BCUT2D eigenvalue weighted by molar-refractivity contribution is 6.30. The zero-order chi connectivity index (χ0) is 23.2. The number of methoxy groups -OCH3 is 1. The third kappa shape index (κ3) is 5.54. The molecule has 0 aromatic heterocycles. The second-order valence-corrected chi connectivity index (χ2v) is 8.06. The Hall–Kier alpha value is -3.76. The van der Waals surface area contributed by atoms with Crippen molar-refractivity contribution in [2.24, 2.45) is 0 Å². The molecule has 0 saturated carbocycles. The van der Waals surface area contributed by atoms with Crippen LogP contribution < -0.4 is 14.8 Å². The van der Waals surface area contributed by atoms with Crippen LogP contribution in [0.15, 0.2) is 91.0 Å². The Morgan fingerprint density at radius 1 is 0.879 bits per heavy atom. The van der Waals surface area contributed by atoms with E-state index in [-0.39, 0.29) is 12.5 Å². The van der Waals surface area contributed by atoms with Crippen molar-refractivity contribution in [2.45, 2.75) is 13.5 Å². The molecule has 166 valence electrons. The number of hydrogen-bond donors (Lipinski definition) is 1. The molecule has 1 amide bonds. The SMILES string of the molecule is COc1ccc(C(=O)Nc2ccc(Cl)cc2C)cc1COc1ccc(-c2ccccc2)cc1. The fourth-order valence-corrected chi connectivity index (χ4v) is 3.76. The molecule has 0 radical (unpaired) electrons. The van der Waals surface area contributed by atoms with Crippen molar-refractivity contribution < 1.29 is 14.3 Å². The quantitative estimate of drug-likeness (QED) is 0.320. The number of benzene rings is 4. The fourth-order valence-electron chi connectivity index (χ4n) is 3.53. The largest absolute Gasteiger partial charge is 0.496 e. The summed E-state index contributed by atoms with van der Waals surface area (Å²) < 4.78 is 11.5. The van der Waals surface area contributed by atoms with Gasteiger partial charge in [-0.15, -0.1) is 0 Å². The van der Waals surface area contributed by atoms with Crippen molar-refractivity contribution in [1.82, 2.24) is 0 Å². The van der Waals surface area contributed by atoms with Gasteiger partial charge in [0, 0.05) is 21.8 Å². The van der Waals surface area contributed by atoms with Crippen LogP contribution in [-0.4, -0.2) is 13.0 Å². The number of carbonyl (C=O) groups excluding carboxylic acids is 1. The van der Waals surface area contributed by atoms with Gasteiger partial charge >= 0.3 is 0 Å². The molecule has 0 unspecified atom stereocenters. The zero-order valence-electron chi connectivity index (χ0n) is 18.5. The van der Waals surface area contributed by atoms with E-state index >= 15 is 0 Å². The maximum absolute atomic E-state index is 12.8. The Labute approximate surface area is 198 Å². The molecule has 1 N–H and O–H groups in total. The molecule has 4 aromatic carbocycles. The summed E-state index contributed by atoms with van der Waals surface area (Å²) in [4.78, 5) is 12.8. The summed E-state index contributed by atoms with van der Waals surface area (Å²) in [5.74, 6) is 1.19. The minimum atomic E-state index is -0.212. The van der Waals surface area contributed by atoms with Gasteiger partial charge in [-0.3, -0.25) is 4.79 Å². The van der Waals surface area contributed by atoms with E-state index in [1.54, 1.807) is 37.4 Å². The van der Waals surface area contributed by atoms with Crippen molar-refractivity contribution in [3.63, 3.8) is 0 Å². The third-order valence-corrected chi connectivity index (χ3v) is 5.57. The second kappa shape index (κ2) is 10.2. The van der Waals surface area contributed by atoms with Gasteiger partial charge in [0.05, 0.1) is 7.11 Å². The van der Waals surface area contributed by atoms with Crippen LogP contribution in [0.4, 0.5) is 5.69 Å². The van der Waals surface area contributed by atoms with Gasteiger partial charge in [0.1, 0.15) is 18.1 Å². The van der Waals surface area contributed by atoms with Crippen LogP contribution >= 0.6 is 11.6 Å². The van der Waals surface area contributed by atoms with Crippen LogP contribution in [-0.2, 0) is 6.61 Å². The molecular weight excluding hydrogens is 434 g/mol. The van der Waals surface area contributed by atoms with E-state index in [4.69, 9.17) is 21.1 Å². The highest BCUT2D eigenvalue weighted by atomic mass is 35.5. The zero-order valence-corrected chi connectivity index (χ0v) is 19.2. The van der Waals surface area contributed by atoms with Gasteiger partial charge in [-0.1, -0.05) is 54.1 Å². The molecule has 5 heteroatoms. The Kier molecular flexibility index (Phi) is 6.96. The molecule has 0 saturated heterocycles. The van der Waals surface area contributed by atoms with Gasteiger partial charge in [-0.2, -0.15) is 0 Å². The Bertz CT molecular complexity index is 1250. The van der Waals surface area contributed by atoms with E-state index in [0.29, 0.717) is 16.3 Å². The lowest BCUT2D eigenvalue weighted by atomic mass is 10.1. The highest BCUT2D eigenvalue weighted by Crippen LogP contribution is 2.26. The topological polar surface area (TPSA) is 47.6 Å². The smallest absolute Gasteiger partial charge is 0.255 e. The minimum Gasteiger partial charge on any atom is -0.496 e. The van der Waals surface area contributed by atoms with Gasteiger partial charge in [-0.25, -0.2) is 0 Å². The summed E-state index contributed by atoms with van der Waals surface area (Å²) in [5.41, 5.74) is 5.19. The molecule has 4 aromatic rings. The first kappa shape index (κ1) is 22.4. The van der Waals surface area contributed by atoms with Crippen LogP contribution in [0.3, 0.4) is 0 Å². The Morgan fingerprint density at radius 3 is 2.30 bits per heavy atom. The highest BCUT2D eigenvalue weighted by Gasteiger charge is 2.12. The van der Waals surface area contributed by atoms with Crippen molar-refractivity contribution in [3.05, 3.63) is 113 Å². The van der Waals surface area contributed by atoms with E-state index in [1.165, 1.54) is 0 Å². The minimum absolute atomic E-state index is 0.212. The van der Waals surface area contributed by atoms with Crippen LogP contribution in [0.1, 0.15) is 21.5 Å². The third-order valence-electron chi connectivity index (χ3n) is 5.34. The molecule has 0 atom stereocenters. The number of nitrogens with one attached hydrogen (secondary N) is 1. The van der Waals surface area contributed by atoms with Gasteiger partial charge in [-0.05, 0) is 72.1 Å². The fraction of sp³-hybridized carbons (Fsp3) is 0.107. The first-order valence-electron chi connectivity index (χ1n) is 10.6. The van der Waals surface area contributed by atoms with Crippen molar-refractivity contribution in [1.29, 1.82) is 0 Å². The molecule has 0 bridgehead atoms. The summed E-state index contributed by atoms with van der Waals surface area (Å²) in [6, 6.07) is 28.8.